The first-order valence-corrected chi connectivity index (χ1v) is 11.4. The number of amides is 3. The van der Waals surface area contributed by atoms with Crippen LogP contribution in [0.1, 0.15) is 25.3 Å². The predicted octanol–water partition coefficient (Wildman–Crippen LogP) is 3.76. The van der Waals surface area contributed by atoms with E-state index in [0.717, 1.165) is 34.9 Å². The maximum Gasteiger partial charge on any atom is 0.244 e. The Hall–Kier alpha value is -3.67. The summed E-state index contributed by atoms with van der Waals surface area (Å²) >= 11 is 0. The Kier molecular flexibility index (Phi) is 7.03. The van der Waals surface area contributed by atoms with Gasteiger partial charge in [-0.25, -0.2) is 0 Å². The van der Waals surface area contributed by atoms with Gasteiger partial charge in [-0.05, 0) is 48.2 Å². The van der Waals surface area contributed by atoms with Crippen LogP contribution in [-0.2, 0) is 20.8 Å². The van der Waals surface area contributed by atoms with Gasteiger partial charge in [0, 0.05) is 18.8 Å². The lowest BCUT2D eigenvalue weighted by molar-refractivity contribution is -0.138. The van der Waals surface area contributed by atoms with E-state index in [-0.39, 0.29) is 30.1 Å². The first-order valence-electron chi connectivity index (χ1n) is 11.4. The van der Waals surface area contributed by atoms with E-state index in [1.54, 1.807) is 11.8 Å². The number of fused-ring (bicyclic) bond motifs is 1. The van der Waals surface area contributed by atoms with Gasteiger partial charge < -0.3 is 15.5 Å². The summed E-state index contributed by atoms with van der Waals surface area (Å²) in [6.07, 6.45) is 1.71. The second kappa shape index (κ2) is 10.3. The number of piperidine rings is 1. The molecule has 33 heavy (non-hydrogen) atoms. The van der Waals surface area contributed by atoms with Crippen LogP contribution in [0.15, 0.2) is 72.8 Å². The zero-order valence-electron chi connectivity index (χ0n) is 18.8. The van der Waals surface area contributed by atoms with Crippen molar-refractivity contribution in [3.63, 3.8) is 0 Å². The average molecular weight is 444 g/mol. The van der Waals surface area contributed by atoms with Gasteiger partial charge in [0.05, 0.1) is 12.3 Å². The molecule has 0 spiro atoms. The zero-order valence-corrected chi connectivity index (χ0v) is 18.8. The van der Waals surface area contributed by atoms with Crippen LogP contribution >= 0.6 is 0 Å². The third-order valence-electron chi connectivity index (χ3n) is 6.12. The summed E-state index contributed by atoms with van der Waals surface area (Å²) in [5.41, 5.74) is 1.68. The van der Waals surface area contributed by atoms with Crippen molar-refractivity contribution in [3.8, 4) is 0 Å². The lowest BCUT2D eigenvalue weighted by Gasteiger charge is -2.33. The Morgan fingerprint density at radius 1 is 0.970 bits per heavy atom. The molecule has 0 bridgehead atoms. The van der Waals surface area contributed by atoms with Crippen molar-refractivity contribution in [2.75, 3.05) is 18.4 Å². The molecule has 1 heterocycles. The van der Waals surface area contributed by atoms with E-state index in [0.29, 0.717) is 13.1 Å². The van der Waals surface area contributed by atoms with Crippen molar-refractivity contribution in [2.45, 2.75) is 32.2 Å². The minimum atomic E-state index is -0.650. The van der Waals surface area contributed by atoms with E-state index in [1.165, 1.54) is 0 Å². The van der Waals surface area contributed by atoms with Crippen LogP contribution < -0.4 is 10.6 Å². The average Bonchev–Trinajstić information content (AvgIpc) is 2.84. The molecule has 1 saturated heterocycles. The van der Waals surface area contributed by atoms with Crippen LogP contribution in [0.4, 0.5) is 5.69 Å². The second-order valence-electron chi connectivity index (χ2n) is 8.58. The van der Waals surface area contributed by atoms with E-state index < -0.39 is 6.04 Å². The molecule has 170 valence electrons. The van der Waals surface area contributed by atoms with Crippen LogP contribution in [-0.4, -0.2) is 41.8 Å². The number of hydrogen-bond donors (Lipinski definition) is 2. The van der Waals surface area contributed by atoms with Crippen LogP contribution in [0.2, 0.25) is 0 Å². The first-order chi connectivity index (χ1) is 16.0. The molecule has 1 unspecified atom stereocenters. The molecule has 1 fully saturated rings. The fourth-order valence-electron chi connectivity index (χ4n) is 4.40. The van der Waals surface area contributed by atoms with E-state index in [1.807, 2.05) is 72.8 Å². The summed E-state index contributed by atoms with van der Waals surface area (Å²) in [4.78, 5) is 40.1. The minimum Gasteiger partial charge on any atom is -0.344 e. The highest BCUT2D eigenvalue weighted by molar-refractivity contribution is 5.94. The summed E-state index contributed by atoms with van der Waals surface area (Å²) < 4.78 is 0. The van der Waals surface area contributed by atoms with Crippen molar-refractivity contribution in [1.82, 2.24) is 10.2 Å². The lowest BCUT2D eigenvalue weighted by atomic mass is 9.96. The number of para-hydroxylation sites is 1. The quantitative estimate of drug-likeness (QED) is 0.609. The summed E-state index contributed by atoms with van der Waals surface area (Å²) in [7, 11) is 0. The van der Waals surface area contributed by atoms with Gasteiger partial charge in [0.25, 0.3) is 0 Å². The first kappa shape index (κ1) is 22.5. The van der Waals surface area contributed by atoms with Gasteiger partial charge in [-0.1, -0.05) is 60.7 Å². The maximum atomic E-state index is 13.0. The van der Waals surface area contributed by atoms with E-state index >= 15 is 0 Å². The number of anilines is 1. The van der Waals surface area contributed by atoms with Crippen LogP contribution in [0, 0.1) is 5.92 Å². The fraction of sp³-hybridized carbons (Fsp3) is 0.296. The molecule has 6 heteroatoms. The van der Waals surface area contributed by atoms with Crippen molar-refractivity contribution >= 4 is 34.2 Å². The number of nitrogens with one attached hydrogen (secondary N) is 2. The molecule has 0 saturated carbocycles. The number of benzene rings is 3. The third-order valence-corrected chi connectivity index (χ3v) is 6.12. The van der Waals surface area contributed by atoms with Crippen molar-refractivity contribution in [2.24, 2.45) is 5.92 Å². The van der Waals surface area contributed by atoms with Crippen molar-refractivity contribution < 1.29 is 14.4 Å². The molecule has 0 radical (unpaired) electrons. The fourth-order valence-corrected chi connectivity index (χ4v) is 4.40. The van der Waals surface area contributed by atoms with Gasteiger partial charge >= 0.3 is 0 Å². The lowest BCUT2D eigenvalue weighted by Crippen LogP contribution is -2.51. The monoisotopic (exact) mass is 443 g/mol. The molecule has 3 aromatic rings. The molecule has 3 aromatic carbocycles. The predicted molar refractivity (Wildman–Crippen MR) is 130 cm³/mol. The Morgan fingerprint density at radius 3 is 2.52 bits per heavy atom. The summed E-state index contributed by atoms with van der Waals surface area (Å²) in [6.45, 7) is 2.66. The van der Waals surface area contributed by atoms with Crippen LogP contribution in [0.3, 0.4) is 0 Å². The van der Waals surface area contributed by atoms with Gasteiger partial charge in [0.15, 0.2) is 0 Å². The number of rotatable bonds is 6. The number of likely N-dealkylation sites (tertiary alicyclic amines) is 1. The standard InChI is InChI=1S/C27H29N3O3/c1-19(28-25(31)17-21-11-7-10-20-9-5-6-15-24(20)21)27(33)30-16-8-12-22(18-30)26(32)29-23-13-3-2-4-14-23/h2-7,9-11,13-15,19,22H,8,12,16-18H2,1H3,(H,28,31)(H,29,32)/t19-,22?/m0/s1. The molecule has 2 N–H and O–H groups in total. The molecule has 4 rings (SSSR count). The summed E-state index contributed by atoms with van der Waals surface area (Å²) in [6, 6.07) is 22.5. The summed E-state index contributed by atoms with van der Waals surface area (Å²) in [5.74, 6) is -0.686. The highest BCUT2D eigenvalue weighted by atomic mass is 16.2. The van der Waals surface area contributed by atoms with Gasteiger partial charge in [0.1, 0.15) is 6.04 Å². The number of hydrogen-bond acceptors (Lipinski definition) is 3. The van der Waals surface area contributed by atoms with Gasteiger partial charge in [-0.15, -0.1) is 0 Å². The normalized spacial score (nSPS) is 16.8. The van der Waals surface area contributed by atoms with Crippen molar-refractivity contribution in [1.29, 1.82) is 0 Å². The largest absolute Gasteiger partial charge is 0.344 e. The summed E-state index contributed by atoms with van der Waals surface area (Å²) in [5, 5.41) is 7.89. The topological polar surface area (TPSA) is 78.5 Å². The molecule has 0 aromatic heterocycles. The molecule has 2 atom stereocenters. The Bertz CT molecular complexity index is 1140. The SMILES string of the molecule is C[C@H](NC(=O)Cc1cccc2ccccc12)C(=O)N1CCCC(C(=O)Nc2ccccc2)C1. The zero-order chi connectivity index (χ0) is 23.2. The molecule has 3 amide bonds. The Labute approximate surface area is 194 Å². The second-order valence-corrected chi connectivity index (χ2v) is 8.58. The molecule has 1 aliphatic rings. The Morgan fingerprint density at radius 2 is 1.70 bits per heavy atom. The molecule has 1 aliphatic heterocycles. The van der Waals surface area contributed by atoms with E-state index in [4.69, 9.17) is 0 Å². The van der Waals surface area contributed by atoms with Gasteiger partial charge in [-0.2, -0.15) is 0 Å². The number of carbonyl (C=O) groups is 3. The van der Waals surface area contributed by atoms with Crippen LogP contribution in [0.25, 0.3) is 10.8 Å². The van der Waals surface area contributed by atoms with Gasteiger partial charge in [-0.3, -0.25) is 14.4 Å². The highest BCUT2D eigenvalue weighted by Crippen LogP contribution is 2.21. The maximum absolute atomic E-state index is 13.0. The minimum absolute atomic E-state index is 0.0775. The van der Waals surface area contributed by atoms with E-state index in [2.05, 4.69) is 10.6 Å². The van der Waals surface area contributed by atoms with Crippen molar-refractivity contribution in [3.05, 3.63) is 78.4 Å². The smallest absolute Gasteiger partial charge is 0.244 e. The molecule has 0 aliphatic carbocycles. The van der Waals surface area contributed by atoms with Gasteiger partial charge in [0.2, 0.25) is 17.7 Å². The third kappa shape index (κ3) is 5.58. The molecular weight excluding hydrogens is 414 g/mol. The Balaban J connectivity index is 1.33. The number of carbonyl (C=O) groups excluding carboxylic acids is 3. The molecule has 6 nitrogen and oxygen atoms in total. The molecular formula is C27H29N3O3. The highest BCUT2D eigenvalue weighted by Gasteiger charge is 2.31. The number of nitrogens with zero attached hydrogens (tertiary/aromatic N) is 1. The van der Waals surface area contributed by atoms with Crippen LogP contribution in [0.5, 0.6) is 0 Å². The van der Waals surface area contributed by atoms with E-state index in [9.17, 15) is 14.4 Å².